The molecule has 0 aliphatic carbocycles. The molecular formula is C20H18ClN3OS2. The number of hydrogen-bond acceptors (Lipinski definition) is 5. The molecule has 7 heteroatoms. The van der Waals surface area contributed by atoms with Crippen LogP contribution in [0.4, 0.5) is 5.00 Å². The van der Waals surface area contributed by atoms with E-state index < -0.39 is 0 Å². The van der Waals surface area contributed by atoms with Crippen molar-refractivity contribution in [2.24, 2.45) is 0 Å². The molecule has 3 aromatic rings. The summed E-state index contributed by atoms with van der Waals surface area (Å²) in [6, 6.07) is 10.5. The summed E-state index contributed by atoms with van der Waals surface area (Å²) in [5, 5.41) is 14.6. The van der Waals surface area contributed by atoms with Gasteiger partial charge in [0.05, 0.1) is 10.6 Å². The van der Waals surface area contributed by atoms with Gasteiger partial charge in [-0.15, -0.1) is 22.7 Å². The van der Waals surface area contributed by atoms with Crippen LogP contribution < -0.4 is 5.32 Å². The monoisotopic (exact) mass is 415 g/mol. The first kappa shape index (κ1) is 18.5. The smallest absolute Gasteiger partial charge is 0.267 e. The number of rotatable bonds is 3. The Balaban J connectivity index is 1.65. The second kappa shape index (κ2) is 7.25. The zero-order valence-electron chi connectivity index (χ0n) is 15.0. The highest BCUT2D eigenvalue weighted by atomic mass is 35.5. The molecule has 1 amide bonds. The molecule has 1 aromatic carbocycles. The SMILES string of the molecule is CC(C)N1CCc2c(sc(NC(=O)c3sc4ccccc4c3Cl)c2C#N)C1. The molecule has 0 radical (unpaired) electrons. The Morgan fingerprint density at radius 2 is 2.11 bits per heavy atom. The Hall–Kier alpha value is -1.91. The quantitative estimate of drug-likeness (QED) is 0.613. The zero-order valence-corrected chi connectivity index (χ0v) is 17.4. The van der Waals surface area contributed by atoms with E-state index in [4.69, 9.17) is 11.6 Å². The maximum absolute atomic E-state index is 12.9. The van der Waals surface area contributed by atoms with E-state index in [9.17, 15) is 10.1 Å². The average Bonchev–Trinajstić information content (AvgIpc) is 3.18. The Morgan fingerprint density at radius 1 is 1.33 bits per heavy atom. The maximum Gasteiger partial charge on any atom is 0.267 e. The molecule has 4 rings (SSSR count). The van der Waals surface area contributed by atoms with Gasteiger partial charge in [-0.25, -0.2) is 0 Å². The Labute approximate surface area is 171 Å². The van der Waals surface area contributed by atoms with Crippen molar-refractivity contribution in [2.45, 2.75) is 32.9 Å². The minimum absolute atomic E-state index is 0.253. The number of hydrogen-bond donors (Lipinski definition) is 1. The van der Waals surface area contributed by atoms with Crippen molar-refractivity contribution in [1.29, 1.82) is 5.26 Å². The van der Waals surface area contributed by atoms with E-state index >= 15 is 0 Å². The highest BCUT2D eigenvalue weighted by Gasteiger charge is 2.27. The lowest BCUT2D eigenvalue weighted by molar-refractivity contribution is 0.103. The Bertz CT molecular complexity index is 1080. The normalized spacial score (nSPS) is 14.3. The third-order valence-corrected chi connectivity index (χ3v) is 7.70. The van der Waals surface area contributed by atoms with E-state index in [0.29, 0.717) is 26.5 Å². The lowest BCUT2D eigenvalue weighted by atomic mass is 10.0. The van der Waals surface area contributed by atoms with E-state index in [2.05, 4.69) is 30.1 Å². The van der Waals surface area contributed by atoms with Crippen LogP contribution in [0.15, 0.2) is 24.3 Å². The van der Waals surface area contributed by atoms with Gasteiger partial charge in [-0.05, 0) is 31.9 Å². The van der Waals surface area contributed by atoms with Gasteiger partial charge >= 0.3 is 0 Å². The molecule has 0 fully saturated rings. The summed E-state index contributed by atoms with van der Waals surface area (Å²) in [5.74, 6) is -0.253. The minimum atomic E-state index is -0.253. The lowest BCUT2D eigenvalue weighted by Gasteiger charge is -2.30. The topological polar surface area (TPSA) is 56.1 Å². The number of amides is 1. The molecule has 0 atom stereocenters. The molecule has 1 aliphatic heterocycles. The lowest BCUT2D eigenvalue weighted by Crippen LogP contribution is -2.35. The van der Waals surface area contributed by atoms with Crippen molar-refractivity contribution in [3.8, 4) is 6.07 Å². The molecule has 138 valence electrons. The first-order valence-corrected chi connectivity index (χ1v) is 10.8. The minimum Gasteiger partial charge on any atom is -0.312 e. The fourth-order valence-corrected chi connectivity index (χ4v) is 6.02. The molecule has 1 aliphatic rings. The largest absolute Gasteiger partial charge is 0.312 e. The Morgan fingerprint density at radius 3 is 2.81 bits per heavy atom. The maximum atomic E-state index is 12.9. The summed E-state index contributed by atoms with van der Waals surface area (Å²) >= 11 is 9.31. The molecule has 0 unspecified atom stereocenters. The third-order valence-electron chi connectivity index (χ3n) is 4.90. The van der Waals surface area contributed by atoms with Gasteiger partial charge in [-0.1, -0.05) is 29.8 Å². The van der Waals surface area contributed by atoms with Crippen molar-refractivity contribution in [3.05, 3.63) is 50.2 Å². The number of nitriles is 1. The predicted octanol–water partition coefficient (Wildman–Crippen LogP) is 5.51. The fourth-order valence-electron chi connectivity index (χ4n) is 3.39. The van der Waals surface area contributed by atoms with Gasteiger partial charge in [0, 0.05) is 34.1 Å². The molecule has 0 saturated heterocycles. The van der Waals surface area contributed by atoms with Crippen molar-refractivity contribution in [3.63, 3.8) is 0 Å². The van der Waals surface area contributed by atoms with Crippen molar-refractivity contribution in [2.75, 3.05) is 11.9 Å². The summed E-state index contributed by atoms with van der Waals surface area (Å²) in [4.78, 5) is 16.9. The molecule has 2 aromatic heterocycles. The highest BCUT2D eigenvalue weighted by Crippen LogP contribution is 2.39. The average molecular weight is 416 g/mol. The van der Waals surface area contributed by atoms with E-state index in [-0.39, 0.29) is 5.91 Å². The van der Waals surface area contributed by atoms with Crippen LogP contribution in [0.2, 0.25) is 5.02 Å². The van der Waals surface area contributed by atoms with Gasteiger partial charge in [0.2, 0.25) is 0 Å². The third kappa shape index (κ3) is 3.26. The summed E-state index contributed by atoms with van der Waals surface area (Å²) in [6.07, 6.45) is 0.840. The first-order chi connectivity index (χ1) is 13.0. The van der Waals surface area contributed by atoms with Gasteiger partial charge in [0.1, 0.15) is 15.9 Å². The number of carbonyl (C=O) groups excluding carboxylic acids is 1. The standard InChI is InChI=1S/C20H18ClN3OS2/c1-11(2)24-8-7-12-14(9-22)20(27-16(12)10-24)23-19(25)18-17(21)13-5-3-4-6-15(13)26-18/h3-6,11H,7-8,10H2,1-2H3,(H,23,25). The summed E-state index contributed by atoms with van der Waals surface area (Å²) in [6.45, 7) is 6.11. The molecule has 27 heavy (non-hydrogen) atoms. The van der Waals surface area contributed by atoms with Crippen LogP contribution in [-0.2, 0) is 13.0 Å². The molecule has 0 spiro atoms. The summed E-state index contributed by atoms with van der Waals surface area (Å²) < 4.78 is 0.978. The number of benzene rings is 1. The molecule has 4 nitrogen and oxygen atoms in total. The van der Waals surface area contributed by atoms with E-state index in [1.165, 1.54) is 27.6 Å². The van der Waals surface area contributed by atoms with Crippen LogP contribution in [-0.4, -0.2) is 23.4 Å². The number of anilines is 1. The van der Waals surface area contributed by atoms with Crippen molar-refractivity contribution in [1.82, 2.24) is 4.90 Å². The van der Waals surface area contributed by atoms with E-state index in [0.717, 1.165) is 35.2 Å². The number of thiophene rings is 2. The molecule has 0 saturated carbocycles. The van der Waals surface area contributed by atoms with Crippen LogP contribution in [0.3, 0.4) is 0 Å². The molecule has 3 heterocycles. The number of nitrogens with zero attached hydrogens (tertiary/aromatic N) is 2. The highest BCUT2D eigenvalue weighted by molar-refractivity contribution is 7.22. The van der Waals surface area contributed by atoms with E-state index in [1.807, 2.05) is 24.3 Å². The summed E-state index contributed by atoms with van der Waals surface area (Å²) in [7, 11) is 0. The number of halogens is 1. The van der Waals surface area contributed by atoms with Crippen molar-refractivity contribution < 1.29 is 4.79 Å². The van der Waals surface area contributed by atoms with Crippen LogP contribution in [0.1, 0.15) is 39.5 Å². The van der Waals surface area contributed by atoms with Crippen LogP contribution >= 0.6 is 34.3 Å². The van der Waals surface area contributed by atoms with Crippen LogP contribution in [0.5, 0.6) is 0 Å². The van der Waals surface area contributed by atoms with Gasteiger partial charge in [0.15, 0.2) is 0 Å². The second-order valence-corrected chi connectivity index (χ2v) is 9.36. The van der Waals surface area contributed by atoms with Gasteiger partial charge in [-0.2, -0.15) is 5.26 Å². The van der Waals surface area contributed by atoms with Crippen molar-refractivity contribution >= 4 is 55.3 Å². The number of carbonyl (C=O) groups is 1. The second-order valence-electron chi connectivity index (χ2n) is 6.83. The first-order valence-electron chi connectivity index (χ1n) is 8.76. The van der Waals surface area contributed by atoms with Gasteiger partial charge < -0.3 is 5.32 Å². The molecule has 1 N–H and O–H groups in total. The van der Waals surface area contributed by atoms with Gasteiger partial charge in [0.25, 0.3) is 5.91 Å². The van der Waals surface area contributed by atoms with Crippen LogP contribution in [0, 0.1) is 11.3 Å². The predicted molar refractivity (Wildman–Crippen MR) is 113 cm³/mol. The van der Waals surface area contributed by atoms with E-state index in [1.54, 1.807) is 0 Å². The summed E-state index contributed by atoms with van der Waals surface area (Å²) in [5.41, 5.74) is 1.68. The number of fused-ring (bicyclic) bond motifs is 2. The fraction of sp³-hybridized carbons (Fsp3) is 0.300. The van der Waals surface area contributed by atoms with Crippen LogP contribution in [0.25, 0.3) is 10.1 Å². The number of nitrogens with one attached hydrogen (secondary N) is 1. The molecule has 0 bridgehead atoms. The Kier molecular flexibility index (Phi) is 4.95. The van der Waals surface area contributed by atoms with Gasteiger partial charge in [-0.3, -0.25) is 9.69 Å². The molecular weight excluding hydrogens is 398 g/mol. The zero-order chi connectivity index (χ0) is 19.1.